The minimum absolute atomic E-state index is 0.124. The molecule has 2 aromatic heterocycles. The highest BCUT2D eigenvalue weighted by atomic mass is 32.2. The molecule has 0 aliphatic carbocycles. The molecule has 0 saturated heterocycles. The minimum Gasteiger partial charge on any atom is -0.465 e. The molecule has 0 bridgehead atoms. The third kappa shape index (κ3) is 10.7. The quantitative estimate of drug-likeness (QED) is 0.264. The molecule has 0 aliphatic rings. The molecule has 0 spiro atoms. The van der Waals surface area contributed by atoms with Gasteiger partial charge in [-0.3, -0.25) is 19.4 Å². The first kappa shape index (κ1) is 40.8. The second kappa shape index (κ2) is 15.3. The van der Waals surface area contributed by atoms with Crippen molar-refractivity contribution in [2.75, 3.05) is 27.3 Å². The van der Waals surface area contributed by atoms with Crippen LogP contribution >= 0.6 is 0 Å². The van der Waals surface area contributed by atoms with Gasteiger partial charge in [-0.25, -0.2) is 42.6 Å². The Labute approximate surface area is 296 Å². The summed E-state index contributed by atoms with van der Waals surface area (Å²) in [7, 11) is -2.95. The van der Waals surface area contributed by atoms with Crippen molar-refractivity contribution in [3.05, 3.63) is 59.7 Å². The number of halogens is 3. The van der Waals surface area contributed by atoms with Crippen LogP contribution in [0.1, 0.15) is 70.1 Å². The molecule has 0 aliphatic heterocycles. The van der Waals surface area contributed by atoms with E-state index in [1.807, 2.05) is 0 Å². The molecule has 2 N–H and O–H groups in total. The normalized spacial score (nSPS) is 12.1. The van der Waals surface area contributed by atoms with E-state index in [4.69, 9.17) is 9.47 Å². The Balaban J connectivity index is 2.31. The third-order valence-corrected chi connectivity index (χ3v) is 7.65. The van der Waals surface area contributed by atoms with Crippen molar-refractivity contribution in [2.45, 2.75) is 72.4 Å². The van der Waals surface area contributed by atoms with Crippen LogP contribution in [0.3, 0.4) is 0 Å². The van der Waals surface area contributed by atoms with Crippen LogP contribution in [0.25, 0.3) is 0 Å². The number of nitrogens with one attached hydrogen (secondary N) is 1. The lowest BCUT2D eigenvalue weighted by Gasteiger charge is -2.30. The molecule has 17 nitrogen and oxygen atoms in total. The smallest absolute Gasteiger partial charge is 0.421 e. The first-order chi connectivity index (χ1) is 23.8. The number of anilines is 4. The Hall–Kier alpha value is -5.60. The molecular weight excluding hydrogens is 717 g/mol. The van der Waals surface area contributed by atoms with E-state index in [1.165, 1.54) is 60.6 Å². The Morgan fingerprint density at radius 3 is 1.96 bits per heavy atom. The number of ether oxygens (including phenoxy) is 2. The van der Waals surface area contributed by atoms with Crippen molar-refractivity contribution in [3.63, 3.8) is 0 Å². The number of aromatic nitrogens is 4. The van der Waals surface area contributed by atoms with Gasteiger partial charge in [0.05, 0.1) is 18.0 Å². The van der Waals surface area contributed by atoms with Gasteiger partial charge in [0.1, 0.15) is 22.5 Å². The van der Waals surface area contributed by atoms with Crippen molar-refractivity contribution in [2.24, 2.45) is 0 Å². The third-order valence-electron chi connectivity index (χ3n) is 6.39. The van der Waals surface area contributed by atoms with E-state index in [9.17, 15) is 45.9 Å². The van der Waals surface area contributed by atoms with E-state index in [0.717, 1.165) is 31.6 Å². The molecule has 3 rings (SSSR count). The summed E-state index contributed by atoms with van der Waals surface area (Å²) in [5.74, 6) is -3.56. The summed E-state index contributed by atoms with van der Waals surface area (Å²) >= 11 is 0. The molecule has 0 saturated carbocycles. The molecule has 4 amide bonds. The summed E-state index contributed by atoms with van der Waals surface area (Å²) in [5.41, 5.74) is -4.52. The summed E-state index contributed by atoms with van der Waals surface area (Å²) in [4.78, 5) is 68.4. The van der Waals surface area contributed by atoms with Gasteiger partial charge in [0, 0.05) is 31.2 Å². The van der Waals surface area contributed by atoms with E-state index in [-0.39, 0.29) is 22.8 Å². The van der Waals surface area contributed by atoms with E-state index < -0.39 is 81.2 Å². The highest BCUT2D eigenvalue weighted by Gasteiger charge is 2.41. The average molecular weight is 755 g/mol. The lowest BCUT2D eigenvalue weighted by molar-refractivity contribution is -0.137. The standard InChI is InChI=1S/C31H37F3N8O9S/c1-9-52(48,49)39-22-21(35-14-15-36-22)17-41(27(46)50-29(2,3)4)23-20(31(32,33)34)16-37-25(38-23)42(28(47)51-30(5,6)7)19-12-10-18(11-13-19)24(43)40(8)26(44)45/h10-16H,9,17H2,1-8H3,(H,36,39)(H,44,45). The molecule has 52 heavy (non-hydrogen) atoms. The molecule has 0 fully saturated rings. The minimum atomic E-state index is -5.20. The van der Waals surface area contributed by atoms with Crippen LogP contribution in [0.2, 0.25) is 0 Å². The summed E-state index contributed by atoms with van der Waals surface area (Å²) in [6, 6.07) is 4.65. The highest BCUT2D eigenvalue weighted by Crippen LogP contribution is 2.38. The van der Waals surface area contributed by atoms with Crippen molar-refractivity contribution < 1.29 is 55.3 Å². The molecule has 3 aromatic rings. The Morgan fingerprint density at radius 1 is 0.885 bits per heavy atom. The first-order valence-electron chi connectivity index (χ1n) is 15.2. The zero-order chi connectivity index (χ0) is 39.4. The van der Waals surface area contributed by atoms with Crippen LogP contribution in [0.4, 0.5) is 50.8 Å². The predicted molar refractivity (Wildman–Crippen MR) is 179 cm³/mol. The molecule has 2 heterocycles. The number of amides is 4. The van der Waals surface area contributed by atoms with Gasteiger partial charge in [-0.1, -0.05) is 0 Å². The maximum atomic E-state index is 14.6. The summed E-state index contributed by atoms with van der Waals surface area (Å²) in [6.07, 6.45) is -6.73. The number of carbonyl (C=O) groups excluding carboxylic acids is 3. The molecule has 282 valence electrons. The van der Waals surface area contributed by atoms with Crippen LogP contribution in [-0.2, 0) is 32.2 Å². The van der Waals surface area contributed by atoms with Gasteiger partial charge in [0.25, 0.3) is 5.91 Å². The Morgan fingerprint density at radius 2 is 1.44 bits per heavy atom. The predicted octanol–water partition coefficient (Wildman–Crippen LogP) is 5.81. The van der Waals surface area contributed by atoms with Gasteiger partial charge in [0.2, 0.25) is 16.0 Å². The van der Waals surface area contributed by atoms with Gasteiger partial charge in [0.15, 0.2) is 11.6 Å². The molecular formula is C31H37F3N8O9S. The van der Waals surface area contributed by atoms with Crippen molar-refractivity contribution in [1.82, 2.24) is 24.8 Å². The number of hydrogen-bond donors (Lipinski definition) is 2. The van der Waals surface area contributed by atoms with Gasteiger partial charge in [-0.05, 0) is 72.7 Å². The van der Waals surface area contributed by atoms with Crippen LogP contribution in [0.15, 0.2) is 42.9 Å². The topological polar surface area (TPSA) is 214 Å². The van der Waals surface area contributed by atoms with Crippen LogP contribution in [-0.4, -0.2) is 86.5 Å². The fourth-order valence-corrected chi connectivity index (χ4v) is 4.61. The second-order valence-corrected chi connectivity index (χ2v) is 14.8. The van der Waals surface area contributed by atoms with Gasteiger partial charge < -0.3 is 14.6 Å². The maximum absolute atomic E-state index is 14.6. The number of rotatable bonds is 9. The first-order valence-corrected chi connectivity index (χ1v) is 16.9. The van der Waals surface area contributed by atoms with E-state index >= 15 is 0 Å². The highest BCUT2D eigenvalue weighted by molar-refractivity contribution is 7.92. The number of hydrogen-bond acceptors (Lipinski definition) is 12. The lowest BCUT2D eigenvalue weighted by Crippen LogP contribution is -2.39. The van der Waals surface area contributed by atoms with Gasteiger partial charge >= 0.3 is 24.5 Å². The summed E-state index contributed by atoms with van der Waals surface area (Å²) in [6.45, 7) is 9.37. The number of imide groups is 1. The number of carboxylic acid groups (broad SMARTS) is 1. The largest absolute Gasteiger partial charge is 0.465 e. The molecule has 0 atom stereocenters. The van der Waals surface area contributed by atoms with Crippen molar-refractivity contribution in [1.29, 1.82) is 0 Å². The molecule has 21 heteroatoms. The van der Waals surface area contributed by atoms with E-state index in [1.54, 1.807) is 0 Å². The van der Waals surface area contributed by atoms with Gasteiger partial charge in [-0.2, -0.15) is 18.2 Å². The average Bonchev–Trinajstić information content (AvgIpc) is 3.01. The monoisotopic (exact) mass is 754 g/mol. The maximum Gasteiger partial charge on any atom is 0.421 e. The number of benzene rings is 1. The number of sulfonamides is 1. The van der Waals surface area contributed by atoms with E-state index in [0.29, 0.717) is 20.9 Å². The van der Waals surface area contributed by atoms with Crippen LogP contribution in [0, 0.1) is 0 Å². The summed E-state index contributed by atoms with van der Waals surface area (Å²) < 4.78 is 81.7. The van der Waals surface area contributed by atoms with E-state index in [2.05, 4.69) is 24.7 Å². The molecule has 0 unspecified atom stereocenters. The Kier molecular flexibility index (Phi) is 12.0. The zero-order valence-corrected chi connectivity index (χ0v) is 30.2. The second-order valence-electron chi connectivity index (χ2n) is 12.8. The Bertz CT molecular complexity index is 1930. The van der Waals surface area contributed by atoms with Gasteiger partial charge in [-0.15, -0.1) is 0 Å². The molecule has 0 radical (unpaired) electrons. The summed E-state index contributed by atoms with van der Waals surface area (Å²) in [5, 5.41) is 9.17. The van der Waals surface area contributed by atoms with Crippen molar-refractivity contribution in [3.8, 4) is 0 Å². The van der Waals surface area contributed by atoms with Crippen LogP contribution < -0.4 is 14.5 Å². The zero-order valence-electron chi connectivity index (χ0n) is 29.3. The van der Waals surface area contributed by atoms with Crippen LogP contribution in [0.5, 0.6) is 0 Å². The lowest BCUT2D eigenvalue weighted by atomic mass is 10.1. The fourth-order valence-electron chi connectivity index (χ4n) is 4.00. The fraction of sp³-hybridized carbons (Fsp3) is 0.419. The van der Waals surface area contributed by atoms with Crippen molar-refractivity contribution >= 4 is 57.5 Å². The SMILES string of the molecule is CCS(=O)(=O)Nc1nccnc1CN(C(=O)OC(C)(C)C)c1nc(N(C(=O)OC(C)(C)C)c2ccc(C(=O)N(C)C(=O)O)cc2)ncc1C(F)(F)F. The number of alkyl halides is 3. The number of carbonyl (C=O) groups is 4. The molecule has 1 aromatic carbocycles. The number of nitrogens with zero attached hydrogens (tertiary/aromatic N) is 7.